The summed E-state index contributed by atoms with van der Waals surface area (Å²) in [5, 5.41) is 11.2. The van der Waals surface area contributed by atoms with Crippen LogP contribution in [-0.4, -0.2) is 68.5 Å². The summed E-state index contributed by atoms with van der Waals surface area (Å²) >= 11 is 0. The second-order valence-electron chi connectivity index (χ2n) is 15.6. The molecule has 0 unspecified atom stereocenters. The SMILES string of the molecule is CC(C)(C)OC(=O)N=C(NC(=O)OC(C)(C)C)n1cccn1.CC(C)(C)OC(=O)NC(=NCc1ccccc1)NC(=O)OC(C)(C)C.NCc1ccccc1. The van der Waals surface area contributed by atoms with Crippen LogP contribution in [0.4, 0.5) is 19.2 Å². The minimum atomic E-state index is -0.839. The summed E-state index contributed by atoms with van der Waals surface area (Å²) in [5.74, 6) is -0.138. The molecule has 0 atom stereocenters. The number of aromatic nitrogens is 2. The molecule has 0 saturated carbocycles. The van der Waals surface area contributed by atoms with Crippen molar-refractivity contribution in [2.24, 2.45) is 15.7 Å². The molecule has 0 aliphatic heterocycles. The maximum Gasteiger partial charge on any atom is 0.437 e. The monoisotopic (exact) mass is 766 g/mol. The summed E-state index contributed by atoms with van der Waals surface area (Å²) in [6, 6.07) is 21.1. The van der Waals surface area contributed by atoms with E-state index in [9.17, 15) is 19.2 Å². The van der Waals surface area contributed by atoms with Gasteiger partial charge < -0.3 is 24.7 Å². The zero-order chi connectivity index (χ0) is 41.9. The Bertz CT molecular complexity index is 1650. The van der Waals surface area contributed by atoms with Crippen LogP contribution in [0.2, 0.25) is 0 Å². The lowest BCUT2D eigenvalue weighted by Crippen LogP contribution is -2.47. The van der Waals surface area contributed by atoms with Gasteiger partial charge >= 0.3 is 24.4 Å². The van der Waals surface area contributed by atoms with Crippen LogP contribution in [0.25, 0.3) is 0 Å². The van der Waals surface area contributed by atoms with Crippen LogP contribution in [0, 0.1) is 0 Å². The molecule has 1 aromatic heterocycles. The Balaban J connectivity index is 0.000000459. The Morgan fingerprint density at radius 3 is 1.40 bits per heavy atom. The number of ether oxygens (including phenoxy) is 4. The Hall–Kier alpha value is -5.77. The Morgan fingerprint density at radius 1 is 0.618 bits per heavy atom. The molecule has 55 heavy (non-hydrogen) atoms. The molecule has 302 valence electrons. The number of nitrogens with two attached hydrogens (primary N) is 1. The smallest absolute Gasteiger partial charge is 0.437 e. The predicted molar refractivity (Wildman–Crippen MR) is 211 cm³/mol. The van der Waals surface area contributed by atoms with Crippen molar-refractivity contribution in [2.75, 3.05) is 0 Å². The number of rotatable bonds is 3. The molecule has 0 saturated heterocycles. The second kappa shape index (κ2) is 21.8. The lowest BCUT2D eigenvalue weighted by Gasteiger charge is -2.22. The number of aliphatic imine (C=N–C) groups is 2. The molecule has 1 heterocycles. The summed E-state index contributed by atoms with van der Waals surface area (Å²) in [4.78, 5) is 55.4. The average molecular weight is 767 g/mol. The van der Waals surface area contributed by atoms with E-state index >= 15 is 0 Å². The Labute approximate surface area is 324 Å². The van der Waals surface area contributed by atoms with Gasteiger partial charge in [-0.2, -0.15) is 5.10 Å². The normalized spacial score (nSPS) is 11.5. The fraction of sp³-hybridized carbons (Fsp3) is 0.462. The average Bonchev–Trinajstić information content (AvgIpc) is 3.57. The molecular weight excluding hydrogens is 708 g/mol. The number of nitrogens with one attached hydrogen (secondary N) is 3. The molecule has 2 aromatic carbocycles. The van der Waals surface area contributed by atoms with Gasteiger partial charge in [-0.25, -0.2) is 28.9 Å². The van der Waals surface area contributed by atoms with E-state index in [-0.39, 0.29) is 18.5 Å². The first-order chi connectivity index (χ1) is 25.3. The molecule has 0 aliphatic carbocycles. The van der Waals surface area contributed by atoms with E-state index in [0.717, 1.165) is 5.56 Å². The van der Waals surface area contributed by atoms with Crippen LogP contribution < -0.4 is 21.7 Å². The number of hydrogen-bond acceptors (Lipinski definition) is 11. The number of alkyl carbamates (subject to hydrolysis) is 3. The largest absolute Gasteiger partial charge is 0.444 e. The first kappa shape index (κ1) is 47.3. The van der Waals surface area contributed by atoms with Crippen LogP contribution >= 0.6 is 0 Å². The molecule has 3 rings (SSSR count). The van der Waals surface area contributed by atoms with E-state index in [4.69, 9.17) is 24.7 Å². The number of guanidine groups is 1. The van der Waals surface area contributed by atoms with Gasteiger partial charge in [-0.15, -0.1) is 4.99 Å². The van der Waals surface area contributed by atoms with Crippen molar-refractivity contribution < 1.29 is 38.1 Å². The second-order valence-corrected chi connectivity index (χ2v) is 15.6. The number of amides is 4. The zero-order valence-electron chi connectivity index (χ0n) is 34.1. The van der Waals surface area contributed by atoms with Crippen LogP contribution in [0.15, 0.2) is 89.1 Å². The summed E-state index contributed by atoms with van der Waals surface area (Å²) < 4.78 is 21.8. The van der Waals surface area contributed by atoms with E-state index in [1.165, 1.54) is 22.6 Å². The maximum absolute atomic E-state index is 11.9. The van der Waals surface area contributed by atoms with Gasteiger partial charge in [0.25, 0.3) is 0 Å². The van der Waals surface area contributed by atoms with E-state index in [1.54, 1.807) is 89.2 Å². The van der Waals surface area contributed by atoms with E-state index in [1.807, 2.05) is 60.7 Å². The summed E-state index contributed by atoms with van der Waals surface area (Å²) in [6.45, 7) is 21.7. The first-order valence-corrected chi connectivity index (χ1v) is 17.5. The number of hydrogen-bond donors (Lipinski definition) is 4. The van der Waals surface area contributed by atoms with Gasteiger partial charge in [-0.05, 0) is 100 Å². The highest BCUT2D eigenvalue weighted by Gasteiger charge is 2.22. The summed E-state index contributed by atoms with van der Waals surface area (Å²) in [5.41, 5.74) is 4.76. The van der Waals surface area contributed by atoms with E-state index in [2.05, 4.69) is 31.0 Å². The van der Waals surface area contributed by atoms with Gasteiger partial charge in [-0.1, -0.05) is 60.7 Å². The topological polar surface area (TPSA) is 210 Å². The van der Waals surface area contributed by atoms with Crippen molar-refractivity contribution in [1.29, 1.82) is 0 Å². The highest BCUT2D eigenvalue weighted by atomic mass is 16.6. The Kier molecular flexibility index (Phi) is 18.7. The van der Waals surface area contributed by atoms with Gasteiger partial charge in [0.15, 0.2) is 0 Å². The van der Waals surface area contributed by atoms with E-state index < -0.39 is 46.8 Å². The standard InChI is InChI=1S/C18H27N3O4.C14H22N4O4.C7H9N/c1-17(2,3)24-15(22)20-14(21-16(23)25-18(4,5)6)19-12-13-10-8-7-9-11-13;1-13(2,3)21-11(19)16-10(18-9-7-8-15-18)17-12(20)22-14(4,5)6;8-6-7-4-2-1-3-5-7/h7-11H,12H2,1-6H3,(H2,19,20,21,22,23);7-9H,1-6H3,(H,16,17,19,20);1-5H,6,8H2. The number of carbonyl (C=O) groups is 4. The van der Waals surface area contributed by atoms with Gasteiger partial charge in [0.05, 0.1) is 6.54 Å². The molecule has 5 N–H and O–H groups in total. The highest BCUT2D eigenvalue weighted by Crippen LogP contribution is 2.10. The van der Waals surface area contributed by atoms with E-state index in [0.29, 0.717) is 6.54 Å². The van der Waals surface area contributed by atoms with Crippen molar-refractivity contribution in [3.05, 3.63) is 90.3 Å². The van der Waals surface area contributed by atoms with Crippen LogP contribution in [0.5, 0.6) is 0 Å². The van der Waals surface area contributed by atoms with Gasteiger partial charge in [0, 0.05) is 18.9 Å². The molecular formula is C39H58N8O8. The van der Waals surface area contributed by atoms with Crippen molar-refractivity contribution in [3.63, 3.8) is 0 Å². The van der Waals surface area contributed by atoms with Gasteiger partial charge in [0.1, 0.15) is 22.4 Å². The zero-order valence-corrected chi connectivity index (χ0v) is 34.1. The van der Waals surface area contributed by atoms with Crippen LogP contribution in [0.1, 0.15) is 94.2 Å². The Morgan fingerprint density at radius 2 is 1.04 bits per heavy atom. The molecule has 4 amide bonds. The van der Waals surface area contributed by atoms with Crippen molar-refractivity contribution in [3.8, 4) is 0 Å². The van der Waals surface area contributed by atoms with Crippen molar-refractivity contribution in [1.82, 2.24) is 25.7 Å². The lowest BCUT2D eigenvalue weighted by molar-refractivity contribution is 0.0530. The molecule has 0 spiro atoms. The third-order valence-electron chi connectivity index (χ3n) is 5.50. The van der Waals surface area contributed by atoms with Crippen LogP contribution in [0.3, 0.4) is 0 Å². The quantitative estimate of drug-likeness (QED) is 0.119. The fourth-order valence-corrected chi connectivity index (χ4v) is 3.58. The molecule has 16 heteroatoms. The minimum absolute atomic E-state index is 0.0349. The van der Waals surface area contributed by atoms with Crippen LogP contribution in [-0.2, 0) is 32.0 Å². The van der Waals surface area contributed by atoms with Gasteiger partial charge in [-0.3, -0.25) is 16.0 Å². The summed E-state index contributed by atoms with van der Waals surface area (Å²) in [6.07, 6.45) is 0.00667. The maximum atomic E-state index is 11.9. The molecule has 0 radical (unpaired) electrons. The molecule has 0 aliphatic rings. The molecule has 0 bridgehead atoms. The molecule has 0 fully saturated rings. The molecule has 3 aromatic rings. The molecule has 16 nitrogen and oxygen atoms in total. The number of benzene rings is 2. The minimum Gasteiger partial charge on any atom is -0.444 e. The van der Waals surface area contributed by atoms with Gasteiger partial charge in [0.2, 0.25) is 11.9 Å². The van der Waals surface area contributed by atoms with Crippen molar-refractivity contribution >= 4 is 36.3 Å². The first-order valence-electron chi connectivity index (χ1n) is 17.5. The fourth-order valence-electron chi connectivity index (χ4n) is 3.58. The highest BCUT2D eigenvalue weighted by molar-refractivity contribution is 6.01. The third kappa shape index (κ3) is 25.0. The number of nitrogens with zero attached hydrogens (tertiary/aromatic N) is 4. The lowest BCUT2D eigenvalue weighted by atomic mass is 10.2. The predicted octanol–water partition coefficient (Wildman–Crippen LogP) is 7.28. The van der Waals surface area contributed by atoms with Crippen molar-refractivity contribution in [2.45, 2.75) is 119 Å². The third-order valence-corrected chi connectivity index (χ3v) is 5.50. The summed E-state index contributed by atoms with van der Waals surface area (Å²) in [7, 11) is 0. The number of carbonyl (C=O) groups excluding carboxylic acids is 4.